The zero-order chi connectivity index (χ0) is 100. The molecule has 15 rings (SSSR count). The van der Waals surface area contributed by atoms with E-state index in [9.17, 15) is 85.1 Å². The molecule has 6 aromatic heterocycles. The van der Waals surface area contributed by atoms with Gasteiger partial charge in [0.25, 0.3) is 59.1 Å². The van der Waals surface area contributed by atoms with Crippen molar-refractivity contribution in [1.29, 1.82) is 0 Å². The van der Waals surface area contributed by atoms with Crippen LogP contribution in [0.15, 0.2) is 261 Å². The first-order valence-electron chi connectivity index (χ1n) is 41.5. The van der Waals surface area contributed by atoms with E-state index < -0.39 is 136 Å². The third kappa shape index (κ3) is 28.4. The summed E-state index contributed by atoms with van der Waals surface area (Å²) in [5.74, 6) is -16.5. The van der Waals surface area contributed by atoms with E-state index in [1.165, 1.54) is 48.9 Å². The molecule has 0 fully saturated rings. The Balaban J connectivity index is 0.000000167. The molecule has 10 amide bonds. The molecule has 0 aliphatic carbocycles. The first-order chi connectivity index (χ1) is 67.3. The van der Waals surface area contributed by atoms with Crippen LogP contribution >= 0.6 is 58.6 Å². The van der Waals surface area contributed by atoms with Crippen molar-refractivity contribution in [3.05, 3.63) is 346 Å². The van der Waals surface area contributed by atoms with Gasteiger partial charge in [0.2, 0.25) is 28.9 Å². The fourth-order valence-corrected chi connectivity index (χ4v) is 16.0. The van der Waals surface area contributed by atoms with E-state index in [0.717, 1.165) is 97.5 Å². The minimum atomic E-state index is -1.26. The number of benzene rings is 9. The van der Waals surface area contributed by atoms with Crippen LogP contribution in [0.5, 0.6) is 0 Å². The Morgan fingerprint density at radius 3 is 0.900 bits per heavy atom. The van der Waals surface area contributed by atoms with Crippen molar-refractivity contribution in [2.75, 3.05) is 0 Å². The summed E-state index contributed by atoms with van der Waals surface area (Å²) in [7, 11) is 0. The molecule has 0 spiro atoms. The Morgan fingerprint density at radius 2 is 0.571 bits per heavy atom. The number of nitrogens with one attached hydrogen (secondary N) is 5. The highest BCUT2D eigenvalue weighted by molar-refractivity contribution is 7.00. The van der Waals surface area contributed by atoms with Gasteiger partial charge in [0.05, 0.1) is 64.8 Å². The lowest BCUT2D eigenvalue weighted by Gasteiger charge is -2.16. The van der Waals surface area contributed by atoms with E-state index in [1.54, 1.807) is 115 Å². The highest BCUT2D eigenvalue weighted by atomic mass is 32.1. The smallest absolute Gasteiger partial charge is 0.287 e. The van der Waals surface area contributed by atoms with Gasteiger partial charge in [0, 0.05) is 66.8 Å². The third-order valence-corrected chi connectivity index (χ3v) is 22.7. The Bertz CT molecular complexity index is 6850. The number of carbonyl (C=O) groups excluding carboxylic acids is 15. The van der Waals surface area contributed by atoms with Crippen molar-refractivity contribution in [2.24, 2.45) is 28.7 Å². The monoisotopic (exact) mass is 1980 g/mol. The number of hydrogen-bond acceptors (Lipinski definition) is 32. The minimum absolute atomic E-state index is 0.00386. The largest absolute Gasteiger partial charge is 0.363 e. The lowest BCUT2D eigenvalue weighted by atomic mass is 10.0. The molecular formula is C95H79F3N22O15S5. The first kappa shape index (κ1) is 103. The van der Waals surface area contributed by atoms with Crippen LogP contribution in [-0.2, 0) is 80.0 Å². The fraction of sp³-hybridized carbons (Fsp3) is 0.126. The van der Waals surface area contributed by atoms with Gasteiger partial charge in [0.15, 0.2) is 40.1 Å². The molecule has 37 nitrogen and oxygen atoms in total. The number of hydrogen-bond donors (Lipinski definition) is 10. The summed E-state index contributed by atoms with van der Waals surface area (Å²) in [6.45, 7) is 3.84. The van der Waals surface area contributed by atoms with Crippen molar-refractivity contribution in [3.63, 3.8) is 0 Å². The predicted octanol–water partition coefficient (Wildman–Crippen LogP) is 7.83. The molecule has 9 aromatic carbocycles. The third-order valence-electron chi connectivity index (χ3n) is 20.1. The van der Waals surface area contributed by atoms with Crippen LogP contribution in [0, 0.1) is 31.3 Å². The van der Waals surface area contributed by atoms with Gasteiger partial charge in [-0.3, -0.25) is 81.9 Å². The maximum Gasteiger partial charge on any atom is 0.287 e. The summed E-state index contributed by atoms with van der Waals surface area (Å²) < 4.78 is 82.0. The topological polar surface area (TPSA) is 601 Å². The molecule has 0 aliphatic heterocycles. The Kier molecular flexibility index (Phi) is 37.1. The number of nitrogens with zero attached hydrogens (tertiary/aromatic N) is 12. The Morgan fingerprint density at radius 1 is 0.293 bits per heavy atom. The van der Waals surface area contributed by atoms with Crippen LogP contribution in [-0.4, -0.2) is 172 Å². The van der Waals surface area contributed by atoms with Crippen molar-refractivity contribution >= 4 is 147 Å². The standard InChI is InChI=1S/2C20H18N4O3S.C19H14F2N4O3S.C19H15FN4O3S.C17H14N6O3S/c1-12-7-5-6-10-14(12)16-17(24-28-23-16)20(27)22-15(18(25)19(21)26)11-13-8-3-2-4-9-13;1-12-6-5-9-14(10-12)16-17(24-28-23-16)20(27)22-15(18(25)19(21)26)11-13-7-3-2-4-8-13;20-12-8-4-7-11(14(12)21)15-16(25-29-24-15)19(28)23-13(17(26)18(22)27)9-10-5-2-1-3-6-10;20-13-9-5-4-8-12(13)15-16(24-28-23-15)19(27)22-14(17(25)18(21)26)10-11-6-2-1-3-7-11;18-16(25)15(24)11(8-10-4-2-1-3-5-10)21-17(26)14-13(22-27-23-14)12-9-19-6-7-20-12/h2*2-10,15H,11H2,1H3,(H2,21,26)(H,22,27);1-8,13H,9H2,(H2,22,27)(H,23,28);1-9,14H,10H2,(H2,21,26)(H,22,27);1-7,9,11H,8H2,(H2,18,25)(H,21,26). The van der Waals surface area contributed by atoms with Crippen molar-refractivity contribution in [1.82, 2.24) is 80.3 Å². The molecule has 0 bridgehead atoms. The van der Waals surface area contributed by atoms with Gasteiger partial charge in [-0.1, -0.05) is 218 Å². The average molecular weight is 1990 g/mol. The molecule has 0 radical (unpaired) electrons. The number of amides is 10. The molecule has 0 aliphatic rings. The number of halogens is 3. The normalized spacial score (nSPS) is 11.6. The number of aryl methyl sites for hydroxylation is 2. The second-order valence-electron chi connectivity index (χ2n) is 29.9. The van der Waals surface area contributed by atoms with Crippen LogP contribution < -0.4 is 55.3 Å². The van der Waals surface area contributed by atoms with E-state index in [-0.39, 0.29) is 88.8 Å². The lowest BCUT2D eigenvalue weighted by molar-refractivity contribution is -0.137. The van der Waals surface area contributed by atoms with E-state index >= 15 is 0 Å². The fourth-order valence-electron chi connectivity index (χ4n) is 13.3. The average Bonchev–Trinajstić information content (AvgIpc) is 1.68. The highest BCUT2D eigenvalue weighted by Crippen LogP contribution is 2.31. The summed E-state index contributed by atoms with van der Waals surface area (Å²) in [6, 6.07) is 63.2. The van der Waals surface area contributed by atoms with E-state index in [2.05, 4.69) is 80.3 Å². The van der Waals surface area contributed by atoms with Gasteiger partial charge < -0.3 is 55.3 Å². The lowest BCUT2D eigenvalue weighted by Crippen LogP contribution is -2.47. The molecule has 0 saturated carbocycles. The number of rotatable bonds is 35. The van der Waals surface area contributed by atoms with Crippen molar-refractivity contribution in [2.45, 2.75) is 76.2 Å². The molecule has 15 aromatic rings. The molecule has 5 atom stereocenters. The summed E-state index contributed by atoms with van der Waals surface area (Å²) in [5, 5.41) is 12.6. The first-order valence-corrected chi connectivity index (χ1v) is 45.1. The highest BCUT2D eigenvalue weighted by Gasteiger charge is 2.36. The second kappa shape index (κ2) is 50.3. The van der Waals surface area contributed by atoms with Crippen LogP contribution in [0.4, 0.5) is 13.2 Å². The Hall–Kier alpha value is -17.3. The van der Waals surface area contributed by atoms with Gasteiger partial charge in [0.1, 0.15) is 70.2 Å². The van der Waals surface area contributed by atoms with Crippen LogP contribution in [0.2, 0.25) is 0 Å². The van der Waals surface area contributed by atoms with Crippen LogP contribution in [0.1, 0.15) is 91.4 Å². The molecule has 140 heavy (non-hydrogen) atoms. The summed E-state index contributed by atoms with van der Waals surface area (Å²) in [5.41, 5.74) is 33.9. The molecule has 5 unspecified atom stereocenters. The molecule has 6 heterocycles. The van der Waals surface area contributed by atoms with E-state index in [4.69, 9.17) is 28.7 Å². The van der Waals surface area contributed by atoms with E-state index in [1.807, 2.05) is 105 Å². The number of carbonyl (C=O) groups is 15. The quantitative estimate of drug-likeness (QED) is 0.0169. The number of Topliss-reactive ketones (excluding diaryl/α,β-unsaturated/α-hetero) is 5. The van der Waals surface area contributed by atoms with Gasteiger partial charge in [-0.05, 0) is 77.6 Å². The summed E-state index contributed by atoms with van der Waals surface area (Å²) in [4.78, 5) is 190. The summed E-state index contributed by atoms with van der Waals surface area (Å²) >= 11 is 4.00. The number of nitrogens with two attached hydrogens (primary N) is 5. The van der Waals surface area contributed by atoms with Crippen molar-refractivity contribution in [3.8, 4) is 56.4 Å². The van der Waals surface area contributed by atoms with E-state index in [0.29, 0.717) is 34.4 Å². The SMILES string of the molecule is Cc1cccc(-c2nsnc2C(=O)NC(Cc2ccccc2)C(=O)C(N)=O)c1.Cc1ccccc1-c1nsnc1C(=O)NC(Cc1ccccc1)C(=O)C(N)=O.NC(=O)C(=O)C(Cc1ccccc1)NC(=O)c1nsnc1-c1cccc(F)c1F.NC(=O)C(=O)C(Cc1ccccc1)NC(=O)c1nsnc1-c1ccccc1F.NC(=O)C(=O)C(Cc1ccccc1)NC(=O)c1nsnc1-c1cnccn1. The number of ketones is 5. The number of primary amides is 5. The molecule has 0 saturated heterocycles. The minimum Gasteiger partial charge on any atom is -0.363 e. The molecule has 15 N–H and O–H groups in total. The van der Waals surface area contributed by atoms with Crippen LogP contribution in [0.25, 0.3) is 56.4 Å². The summed E-state index contributed by atoms with van der Waals surface area (Å²) in [6.07, 6.45) is 4.89. The predicted molar refractivity (Wildman–Crippen MR) is 510 cm³/mol. The van der Waals surface area contributed by atoms with Gasteiger partial charge in [-0.25, -0.2) is 13.2 Å². The van der Waals surface area contributed by atoms with Gasteiger partial charge in [-0.15, -0.1) is 0 Å². The van der Waals surface area contributed by atoms with Crippen molar-refractivity contribution < 1.29 is 85.1 Å². The molecule has 710 valence electrons. The number of aromatic nitrogens is 12. The zero-order valence-corrected chi connectivity index (χ0v) is 77.4. The molecular weight excluding hydrogens is 1910 g/mol. The maximum absolute atomic E-state index is 14.1. The van der Waals surface area contributed by atoms with Gasteiger partial charge in [-0.2, -0.15) is 43.7 Å². The Labute approximate surface area is 814 Å². The van der Waals surface area contributed by atoms with Gasteiger partial charge >= 0.3 is 0 Å². The zero-order valence-electron chi connectivity index (χ0n) is 73.3. The van der Waals surface area contributed by atoms with Crippen LogP contribution in [0.3, 0.4) is 0 Å². The molecule has 45 heteroatoms. The second-order valence-corrected chi connectivity index (χ2v) is 32.5. The maximum atomic E-state index is 14.1.